The number of hydrogen-bond donors (Lipinski definition) is 3. The van der Waals surface area contributed by atoms with E-state index in [-0.39, 0.29) is 44.1 Å². The van der Waals surface area contributed by atoms with Crippen LogP contribution in [0.1, 0.15) is 47.5 Å². The number of carbonyl (C=O) groups excluding carboxylic acids is 2. The van der Waals surface area contributed by atoms with Gasteiger partial charge in [-0.1, -0.05) is 40.5 Å². The molecule has 0 saturated heterocycles. The Hall–Kier alpha value is -2.68. The van der Waals surface area contributed by atoms with Gasteiger partial charge < -0.3 is 45.0 Å². The molecule has 0 saturated carbocycles. The van der Waals surface area contributed by atoms with Crippen LogP contribution in [-0.2, 0) is 44.0 Å². The zero-order chi connectivity index (χ0) is 30.6. The highest BCUT2D eigenvalue weighted by Crippen LogP contribution is 2.48. The molecule has 0 spiro atoms. The van der Waals surface area contributed by atoms with Gasteiger partial charge in [-0.25, -0.2) is 15.0 Å². The maximum Gasteiger partial charge on any atom is 0.356 e. The van der Waals surface area contributed by atoms with E-state index in [9.17, 15) is 14.2 Å². The normalized spacial score (nSPS) is 15.7. The number of nitrogens with zero attached hydrogens (tertiary/aromatic N) is 4. The molecule has 6 N–H and O–H groups in total. The highest BCUT2D eigenvalue weighted by Gasteiger charge is 2.28. The number of rotatable bonds is 19. The number of nitrogens with two attached hydrogens (primary N) is 3. The van der Waals surface area contributed by atoms with Crippen LogP contribution in [0.3, 0.4) is 0 Å². The van der Waals surface area contributed by atoms with Gasteiger partial charge >= 0.3 is 19.5 Å². The second kappa shape index (κ2) is 16.7. The first-order valence-corrected chi connectivity index (χ1v) is 15.4. The molecule has 0 fully saturated rings. The third-order valence-corrected chi connectivity index (χ3v) is 8.31. The summed E-state index contributed by atoms with van der Waals surface area (Å²) in [7, 11) is -3.87. The van der Waals surface area contributed by atoms with E-state index in [0.717, 1.165) is 0 Å². The number of anilines is 1. The molecule has 0 bridgehead atoms. The molecule has 0 radical (unpaired) electrons. The number of carbonyl (C=O) groups is 2. The minimum atomic E-state index is -3.87. The smallest absolute Gasteiger partial charge is 0.356 e. The summed E-state index contributed by atoms with van der Waals surface area (Å²) in [5.74, 6) is -1.01. The molecule has 0 aliphatic carbocycles. The molecule has 2 aromatic heterocycles. The van der Waals surface area contributed by atoms with Crippen LogP contribution in [0.4, 0.5) is 5.82 Å². The topological polar surface area (TPSA) is 219 Å². The molecule has 15 nitrogen and oxygen atoms in total. The van der Waals surface area contributed by atoms with E-state index in [1.165, 1.54) is 6.33 Å². The molecule has 2 aromatic rings. The van der Waals surface area contributed by atoms with Crippen molar-refractivity contribution in [2.24, 2.45) is 23.3 Å². The Kier molecular flexibility index (Phi) is 14.0. The highest BCUT2D eigenvalue weighted by atomic mass is 31.2. The lowest BCUT2D eigenvalue weighted by molar-refractivity contribution is -0.147. The SMILES string of the molecule is CC[C@H](C)[C@H](N)C(=O)OCCOP(=O)(CO[C@H](C)Cn1cnc2c(N)ncnc21)OCCOC(=O)[C@@H](N)[C@@H](C)CC. The molecular formula is C25H44N7O8P. The number of ether oxygens (including phenoxy) is 3. The zero-order valence-corrected chi connectivity index (χ0v) is 25.3. The Labute approximate surface area is 240 Å². The summed E-state index contributed by atoms with van der Waals surface area (Å²) in [5, 5.41) is 0. The number of hydrogen-bond acceptors (Lipinski definition) is 14. The maximum atomic E-state index is 13.5. The van der Waals surface area contributed by atoms with E-state index in [4.69, 9.17) is 40.5 Å². The zero-order valence-electron chi connectivity index (χ0n) is 24.4. The van der Waals surface area contributed by atoms with E-state index in [1.807, 2.05) is 27.7 Å². The minimum Gasteiger partial charge on any atom is -0.462 e. The minimum absolute atomic E-state index is 0.0561. The predicted octanol–water partition coefficient (Wildman–Crippen LogP) is 1.83. The summed E-state index contributed by atoms with van der Waals surface area (Å²) in [4.78, 5) is 36.6. The molecule has 5 atom stereocenters. The fourth-order valence-electron chi connectivity index (χ4n) is 3.49. The first kappa shape index (κ1) is 34.5. The van der Waals surface area contributed by atoms with Crippen LogP contribution < -0.4 is 17.2 Å². The van der Waals surface area contributed by atoms with Gasteiger partial charge in [0.15, 0.2) is 11.5 Å². The predicted molar refractivity (Wildman–Crippen MR) is 151 cm³/mol. The van der Waals surface area contributed by atoms with E-state index in [0.29, 0.717) is 30.6 Å². The van der Waals surface area contributed by atoms with Crippen molar-refractivity contribution < 1.29 is 37.4 Å². The summed E-state index contributed by atoms with van der Waals surface area (Å²) >= 11 is 0. The number of aromatic nitrogens is 4. The maximum absolute atomic E-state index is 13.5. The average molecular weight is 602 g/mol. The van der Waals surface area contributed by atoms with Crippen molar-refractivity contribution in [2.75, 3.05) is 38.5 Å². The largest absolute Gasteiger partial charge is 0.462 e. The first-order valence-electron chi connectivity index (χ1n) is 13.7. The molecule has 16 heteroatoms. The van der Waals surface area contributed by atoms with Crippen molar-refractivity contribution in [1.29, 1.82) is 0 Å². The fraction of sp³-hybridized carbons (Fsp3) is 0.720. The van der Waals surface area contributed by atoms with E-state index < -0.39 is 44.1 Å². The van der Waals surface area contributed by atoms with Crippen molar-refractivity contribution in [3.63, 3.8) is 0 Å². The van der Waals surface area contributed by atoms with Gasteiger partial charge in [-0.05, 0) is 18.8 Å². The second-order valence-electron chi connectivity index (χ2n) is 9.87. The summed E-state index contributed by atoms with van der Waals surface area (Å²) in [6.45, 7) is 8.77. The van der Waals surface area contributed by atoms with Gasteiger partial charge in [0, 0.05) is 0 Å². The lowest BCUT2D eigenvalue weighted by Gasteiger charge is -2.22. The standard InChI is InChI=1S/C25H44N7O8P/c1-6-16(3)19(26)24(33)36-8-10-39-41(35,40-11-9-37-25(34)20(27)17(4)7-2)15-38-18(5)12-32-14-31-21-22(28)29-13-30-23(21)32/h13-14,16-20H,6-12,15,26-27H2,1-5H3,(H2,28,29,30)/t16-,17-,18+,19-,20-/m0/s1. The van der Waals surface area contributed by atoms with Crippen molar-refractivity contribution in [3.05, 3.63) is 12.7 Å². The Bertz CT molecular complexity index is 1130. The van der Waals surface area contributed by atoms with Gasteiger partial charge in [0.1, 0.15) is 43.5 Å². The van der Waals surface area contributed by atoms with Crippen LogP contribution in [0.5, 0.6) is 0 Å². The molecule has 232 valence electrons. The van der Waals surface area contributed by atoms with Gasteiger partial charge in [0.25, 0.3) is 0 Å². The summed E-state index contributed by atoms with van der Waals surface area (Å²) in [6.07, 6.45) is 3.43. The van der Waals surface area contributed by atoms with E-state index in [1.54, 1.807) is 17.8 Å². The van der Waals surface area contributed by atoms with E-state index >= 15 is 0 Å². The van der Waals surface area contributed by atoms with Crippen LogP contribution >= 0.6 is 7.60 Å². The third-order valence-electron chi connectivity index (χ3n) is 6.69. The molecular weight excluding hydrogens is 557 g/mol. The van der Waals surface area contributed by atoms with Crippen LogP contribution in [0.15, 0.2) is 12.7 Å². The monoisotopic (exact) mass is 601 g/mol. The molecule has 0 aliphatic rings. The van der Waals surface area contributed by atoms with Gasteiger partial charge in [-0.3, -0.25) is 14.2 Å². The molecule has 41 heavy (non-hydrogen) atoms. The number of imidazole rings is 1. The lowest BCUT2D eigenvalue weighted by Crippen LogP contribution is -2.38. The van der Waals surface area contributed by atoms with Gasteiger partial charge in [-0.2, -0.15) is 0 Å². The first-order chi connectivity index (χ1) is 19.4. The van der Waals surface area contributed by atoms with Crippen molar-refractivity contribution in [1.82, 2.24) is 19.5 Å². The van der Waals surface area contributed by atoms with Gasteiger partial charge in [0.2, 0.25) is 0 Å². The van der Waals surface area contributed by atoms with Crippen molar-refractivity contribution in [3.8, 4) is 0 Å². The Morgan fingerprint density at radius 3 is 1.95 bits per heavy atom. The Morgan fingerprint density at radius 1 is 0.902 bits per heavy atom. The number of fused-ring (bicyclic) bond motifs is 1. The molecule has 0 aromatic carbocycles. The lowest BCUT2D eigenvalue weighted by atomic mass is 10.0. The van der Waals surface area contributed by atoms with Crippen LogP contribution in [-0.4, -0.2) is 82.4 Å². The number of nitrogen functional groups attached to an aromatic ring is 1. The van der Waals surface area contributed by atoms with Crippen LogP contribution in [0, 0.1) is 11.8 Å². The molecule has 2 heterocycles. The fourth-order valence-corrected chi connectivity index (χ4v) is 4.86. The summed E-state index contributed by atoms with van der Waals surface area (Å²) in [6, 6.07) is -1.55. The summed E-state index contributed by atoms with van der Waals surface area (Å²) in [5.41, 5.74) is 18.6. The van der Waals surface area contributed by atoms with Crippen molar-refractivity contribution >= 4 is 36.5 Å². The Morgan fingerprint density at radius 2 is 1.44 bits per heavy atom. The van der Waals surface area contributed by atoms with E-state index in [2.05, 4.69) is 15.0 Å². The van der Waals surface area contributed by atoms with Gasteiger partial charge in [-0.15, -0.1) is 0 Å². The van der Waals surface area contributed by atoms with Gasteiger partial charge in [0.05, 0.1) is 32.2 Å². The second-order valence-corrected chi connectivity index (χ2v) is 11.9. The van der Waals surface area contributed by atoms with Crippen molar-refractivity contribution in [2.45, 2.75) is 72.2 Å². The molecule has 0 aliphatic heterocycles. The molecule has 0 amide bonds. The quantitative estimate of drug-likeness (QED) is 0.119. The Balaban J connectivity index is 1.95. The average Bonchev–Trinajstić information content (AvgIpc) is 3.38. The highest BCUT2D eigenvalue weighted by molar-refractivity contribution is 7.53. The molecule has 0 unspecified atom stereocenters. The van der Waals surface area contributed by atoms with Crippen LogP contribution in [0.2, 0.25) is 0 Å². The molecule has 2 rings (SSSR count). The third kappa shape index (κ3) is 10.6. The van der Waals surface area contributed by atoms with Crippen LogP contribution in [0.25, 0.3) is 11.2 Å². The number of esters is 2. The summed E-state index contributed by atoms with van der Waals surface area (Å²) < 4.78 is 42.3.